The lowest BCUT2D eigenvalue weighted by molar-refractivity contribution is 0.623. The molecule has 2 aromatic carbocycles. The van der Waals surface area contributed by atoms with Gasteiger partial charge in [-0.25, -0.2) is 9.97 Å². The number of benzene rings is 2. The monoisotopic (exact) mass is 317 g/mol. The predicted octanol–water partition coefficient (Wildman–Crippen LogP) is 3.53. The molecule has 0 aliphatic carbocycles. The summed E-state index contributed by atoms with van der Waals surface area (Å²) in [5.41, 5.74) is 10.9. The molecular weight excluding hydrogens is 302 g/mol. The van der Waals surface area contributed by atoms with E-state index in [0.717, 1.165) is 28.0 Å². The van der Waals surface area contributed by atoms with E-state index in [1.807, 2.05) is 48.5 Å². The van der Waals surface area contributed by atoms with Crippen LogP contribution in [0.5, 0.6) is 0 Å². The van der Waals surface area contributed by atoms with E-state index in [1.54, 1.807) is 6.20 Å². The Morgan fingerprint density at radius 2 is 1.88 bits per heavy atom. The molecule has 0 fully saturated rings. The highest BCUT2D eigenvalue weighted by Crippen LogP contribution is 2.22. The number of anilines is 3. The predicted molar refractivity (Wildman–Crippen MR) is 93.0 cm³/mol. The summed E-state index contributed by atoms with van der Waals surface area (Å²) in [4.78, 5) is 12.5. The molecule has 0 radical (unpaired) electrons. The van der Waals surface area contributed by atoms with Crippen molar-refractivity contribution in [2.45, 2.75) is 6.42 Å². The number of nitrogens with zero attached hydrogens (tertiary/aromatic N) is 3. The van der Waals surface area contributed by atoms with Gasteiger partial charge in [0, 0.05) is 12.1 Å². The zero-order valence-electron chi connectivity index (χ0n) is 12.8. The van der Waals surface area contributed by atoms with Crippen LogP contribution < -0.4 is 11.1 Å². The van der Waals surface area contributed by atoms with Crippen molar-refractivity contribution in [1.82, 2.24) is 15.0 Å². The van der Waals surface area contributed by atoms with Gasteiger partial charge in [-0.3, -0.25) is 0 Å². The number of hydrogen-bond donors (Lipinski definition) is 2. The number of nitrogens with two attached hydrogens (primary N) is 1. The van der Waals surface area contributed by atoms with Crippen molar-refractivity contribution in [3.05, 3.63) is 72.3 Å². The summed E-state index contributed by atoms with van der Waals surface area (Å²) in [6.45, 7) is 0. The molecule has 24 heavy (non-hydrogen) atoms. The second-order valence-corrected chi connectivity index (χ2v) is 5.41. The minimum Gasteiger partial charge on any atom is -0.423 e. The summed E-state index contributed by atoms with van der Waals surface area (Å²) >= 11 is 0. The van der Waals surface area contributed by atoms with Crippen molar-refractivity contribution < 1.29 is 4.42 Å². The smallest absolute Gasteiger partial charge is 0.300 e. The minimum absolute atomic E-state index is 0.476. The van der Waals surface area contributed by atoms with Crippen molar-refractivity contribution in [2.24, 2.45) is 0 Å². The lowest BCUT2D eigenvalue weighted by atomic mass is 10.1. The first-order valence-electron chi connectivity index (χ1n) is 7.54. The molecule has 3 N–H and O–H groups in total. The highest BCUT2D eigenvalue weighted by molar-refractivity contribution is 5.75. The zero-order valence-corrected chi connectivity index (χ0v) is 12.8. The topological polar surface area (TPSA) is 89.9 Å². The molecule has 0 bridgehead atoms. The Kier molecular flexibility index (Phi) is 3.55. The van der Waals surface area contributed by atoms with E-state index in [1.165, 1.54) is 6.33 Å². The van der Waals surface area contributed by atoms with E-state index in [4.69, 9.17) is 10.2 Å². The fourth-order valence-corrected chi connectivity index (χ4v) is 2.46. The number of oxazole rings is 1. The first-order chi connectivity index (χ1) is 11.8. The van der Waals surface area contributed by atoms with Crippen LogP contribution in [0.3, 0.4) is 0 Å². The first-order valence-corrected chi connectivity index (χ1v) is 7.54. The lowest BCUT2D eigenvalue weighted by Gasteiger charge is -2.06. The van der Waals surface area contributed by atoms with Gasteiger partial charge in [0.25, 0.3) is 6.01 Å². The maximum absolute atomic E-state index is 5.88. The number of nitrogens with one attached hydrogen (secondary N) is 1. The summed E-state index contributed by atoms with van der Waals surface area (Å²) in [5, 5.41) is 3.17. The van der Waals surface area contributed by atoms with Gasteiger partial charge in [-0.15, -0.1) is 0 Å². The van der Waals surface area contributed by atoms with E-state index in [-0.39, 0.29) is 0 Å². The third kappa shape index (κ3) is 2.89. The fraction of sp³-hybridized carbons (Fsp3) is 0.0556. The van der Waals surface area contributed by atoms with Crippen LogP contribution >= 0.6 is 0 Å². The Morgan fingerprint density at radius 1 is 1.04 bits per heavy atom. The van der Waals surface area contributed by atoms with Gasteiger partial charge in [0.05, 0.1) is 17.6 Å². The van der Waals surface area contributed by atoms with Gasteiger partial charge in [-0.2, -0.15) is 4.98 Å². The van der Waals surface area contributed by atoms with Gasteiger partial charge in [0.1, 0.15) is 11.8 Å². The maximum Gasteiger partial charge on any atom is 0.300 e. The first kappa shape index (κ1) is 14.2. The average Bonchev–Trinajstić information content (AvgIpc) is 3.01. The molecule has 118 valence electrons. The molecule has 6 nitrogen and oxygen atoms in total. The van der Waals surface area contributed by atoms with Crippen LogP contribution in [-0.4, -0.2) is 15.0 Å². The molecular formula is C18H15N5O. The molecule has 2 aromatic heterocycles. The van der Waals surface area contributed by atoms with E-state index in [9.17, 15) is 0 Å². The Bertz CT molecular complexity index is 945. The van der Waals surface area contributed by atoms with Crippen LogP contribution in [0.2, 0.25) is 0 Å². The normalized spacial score (nSPS) is 10.8. The van der Waals surface area contributed by atoms with Crippen LogP contribution in [0.25, 0.3) is 11.1 Å². The van der Waals surface area contributed by atoms with Crippen molar-refractivity contribution >= 4 is 28.5 Å². The molecule has 4 rings (SSSR count). The largest absolute Gasteiger partial charge is 0.423 e. The van der Waals surface area contributed by atoms with Crippen LogP contribution in [0.4, 0.5) is 17.4 Å². The van der Waals surface area contributed by atoms with Crippen molar-refractivity contribution in [3.8, 4) is 0 Å². The van der Waals surface area contributed by atoms with Gasteiger partial charge in [-0.05, 0) is 29.8 Å². The van der Waals surface area contributed by atoms with Crippen LogP contribution in [0, 0.1) is 0 Å². The van der Waals surface area contributed by atoms with Gasteiger partial charge in [-0.1, -0.05) is 24.3 Å². The zero-order chi connectivity index (χ0) is 16.4. The second-order valence-electron chi connectivity index (χ2n) is 5.41. The number of aromatic nitrogens is 3. The molecule has 0 saturated carbocycles. The third-order valence-corrected chi connectivity index (χ3v) is 3.70. The SMILES string of the molecule is Nc1cncnc1Cc1ccc(Nc2nc3ccccc3o2)cc1. The highest BCUT2D eigenvalue weighted by atomic mass is 16.4. The Morgan fingerprint density at radius 3 is 2.67 bits per heavy atom. The van der Waals surface area contributed by atoms with E-state index in [2.05, 4.69) is 20.3 Å². The molecule has 0 spiro atoms. The molecule has 0 aliphatic rings. The van der Waals surface area contributed by atoms with Crippen molar-refractivity contribution in [3.63, 3.8) is 0 Å². The van der Waals surface area contributed by atoms with E-state index < -0.39 is 0 Å². The molecule has 4 aromatic rings. The molecule has 0 saturated heterocycles. The number of hydrogen-bond acceptors (Lipinski definition) is 6. The summed E-state index contributed by atoms with van der Waals surface area (Å²) in [7, 11) is 0. The molecule has 0 amide bonds. The number of para-hydroxylation sites is 2. The Hall–Kier alpha value is -3.41. The molecule has 0 atom stereocenters. The summed E-state index contributed by atoms with van der Waals surface area (Å²) < 4.78 is 5.66. The van der Waals surface area contributed by atoms with Gasteiger partial charge >= 0.3 is 0 Å². The highest BCUT2D eigenvalue weighted by Gasteiger charge is 2.06. The van der Waals surface area contributed by atoms with Crippen LogP contribution in [0.1, 0.15) is 11.3 Å². The average molecular weight is 317 g/mol. The number of fused-ring (bicyclic) bond motifs is 1. The van der Waals surface area contributed by atoms with Crippen LogP contribution in [-0.2, 0) is 6.42 Å². The molecule has 6 heteroatoms. The Balaban J connectivity index is 1.50. The Labute approximate surface area is 138 Å². The third-order valence-electron chi connectivity index (χ3n) is 3.70. The molecule has 2 heterocycles. The lowest BCUT2D eigenvalue weighted by Crippen LogP contribution is -2.00. The summed E-state index contributed by atoms with van der Waals surface area (Å²) in [6, 6.07) is 16.1. The van der Waals surface area contributed by atoms with Crippen LogP contribution in [0.15, 0.2) is 65.5 Å². The van der Waals surface area contributed by atoms with Gasteiger partial charge in [0.2, 0.25) is 0 Å². The number of nitrogen functional groups attached to an aromatic ring is 1. The second kappa shape index (κ2) is 6.00. The fourth-order valence-electron chi connectivity index (χ4n) is 2.46. The van der Waals surface area contributed by atoms with Gasteiger partial charge in [0.15, 0.2) is 5.58 Å². The molecule has 0 unspecified atom stereocenters. The van der Waals surface area contributed by atoms with E-state index in [0.29, 0.717) is 18.1 Å². The summed E-state index contributed by atoms with van der Waals surface area (Å²) in [5.74, 6) is 0. The van der Waals surface area contributed by atoms with Gasteiger partial charge < -0.3 is 15.5 Å². The standard InChI is InChI=1S/C18H15N5O/c19-14-10-20-11-21-16(14)9-12-5-7-13(8-6-12)22-18-23-15-3-1-2-4-17(15)24-18/h1-8,10-11H,9,19H2,(H,22,23). The minimum atomic E-state index is 0.476. The maximum atomic E-state index is 5.88. The van der Waals surface area contributed by atoms with Crippen molar-refractivity contribution in [1.29, 1.82) is 0 Å². The summed E-state index contributed by atoms with van der Waals surface area (Å²) in [6.07, 6.45) is 3.79. The number of rotatable bonds is 4. The molecule has 0 aliphatic heterocycles. The van der Waals surface area contributed by atoms with E-state index >= 15 is 0 Å². The quantitative estimate of drug-likeness (QED) is 0.598. The van der Waals surface area contributed by atoms with Crippen molar-refractivity contribution in [2.75, 3.05) is 11.1 Å².